The molecule has 0 aromatic carbocycles. The lowest BCUT2D eigenvalue weighted by atomic mass is 9.99. The van der Waals surface area contributed by atoms with Crippen LogP contribution in [0.2, 0.25) is 0 Å². The molecule has 0 aliphatic rings. The number of nitrogen functional groups attached to an aromatic ring is 1. The summed E-state index contributed by atoms with van der Waals surface area (Å²) < 4.78 is 35.3. The summed E-state index contributed by atoms with van der Waals surface area (Å²) in [5.41, 5.74) is 5.89. The quantitative estimate of drug-likeness (QED) is 0.0654. The average Bonchev–Trinajstić information content (AvgIpc) is 3.46. The SMILES string of the molecule is CCCCCCCCCCCCCCCCCCOCCCOP(=O)(O)OCC(C#N)(CCc1ccc2c(N)ncnn12)OC. The molecule has 0 radical (unpaired) electrons. The fourth-order valence-corrected chi connectivity index (χ4v) is 6.12. The van der Waals surface area contributed by atoms with Crippen LogP contribution in [0.25, 0.3) is 5.52 Å². The van der Waals surface area contributed by atoms with E-state index < -0.39 is 20.0 Å². The van der Waals surface area contributed by atoms with Gasteiger partial charge in [0, 0.05) is 26.0 Å². The maximum Gasteiger partial charge on any atom is 0.472 e. The van der Waals surface area contributed by atoms with E-state index in [0.717, 1.165) is 18.5 Å². The molecule has 0 fully saturated rings. The Labute approximate surface area is 270 Å². The molecule has 0 amide bonds. The van der Waals surface area contributed by atoms with E-state index in [0.29, 0.717) is 37.4 Å². The standard InChI is InChI=1S/C33H58N5O6P/c1-3-4-5-6-7-8-9-10-11-12-13-14-15-16-17-18-24-42-25-19-26-43-45(39,40)44-28-33(27-34,41-2)23-22-30-20-21-31-32(35)36-29-37-38(30)31/h20-21,29H,3-19,22-26,28H2,1-2H3,(H,39,40)(H2,35,36,37). The molecule has 2 rings (SSSR count). The minimum Gasteiger partial charge on any atom is -0.382 e. The van der Waals surface area contributed by atoms with Gasteiger partial charge >= 0.3 is 7.82 Å². The van der Waals surface area contributed by atoms with E-state index >= 15 is 0 Å². The van der Waals surface area contributed by atoms with Crippen LogP contribution < -0.4 is 5.73 Å². The Morgan fingerprint density at radius 2 is 1.47 bits per heavy atom. The van der Waals surface area contributed by atoms with Crippen LogP contribution in [0.1, 0.15) is 128 Å². The Hall–Kier alpha value is -2.06. The molecule has 2 unspecified atom stereocenters. The summed E-state index contributed by atoms with van der Waals surface area (Å²) in [4.78, 5) is 14.1. The summed E-state index contributed by atoms with van der Waals surface area (Å²) in [5, 5.41) is 14.0. The summed E-state index contributed by atoms with van der Waals surface area (Å²) in [6, 6.07) is 5.70. The van der Waals surface area contributed by atoms with Crippen LogP contribution in [0.5, 0.6) is 0 Å². The lowest BCUT2D eigenvalue weighted by Gasteiger charge is -2.25. The molecule has 2 atom stereocenters. The number of anilines is 1. The normalized spacial score (nSPS) is 14.4. The Balaban J connectivity index is 1.45. The van der Waals surface area contributed by atoms with Crippen molar-refractivity contribution in [3.05, 3.63) is 24.2 Å². The third kappa shape index (κ3) is 16.4. The zero-order valence-electron chi connectivity index (χ0n) is 27.8. The third-order valence-electron chi connectivity index (χ3n) is 8.23. The lowest BCUT2D eigenvalue weighted by molar-refractivity contribution is -0.0171. The molecular formula is C33H58N5O6P. The van der Waals surface area contributed by atoms with E-state index in [2.05, 4.69) is 23.1 Å². The van der Waals surface area contributed by atoms with Crippen LogP contribution in [0.4, 0.5) is 5.82 Å². The molecule has 2 aromatic rings. The first-order valence-corrected chi connectivity index (χ1v) is 18.6. The van der Waals surface area contributed by atoms with Crippen molar-refractivity contribution in [2.75, 3.05) is 39.3 Å². The van der Waals surface area contributed by atoms with Gasteiger partial charge in [-0.05, 0) is 37.8 Å². The number of phosphoric acid groups is 1. The van der Waals surface area contributed by atoms with Gasteiger partial charge in [-0.25, -0.2) is 14.1 Å². The summed E-state index contributed by atoms with van der Waals surface area (Å²) in [6.07, 6.45) is 23.8. The maximum absolute atomic E-state index is 12.4. The van der Waals surface area contributed by atoms with Crippen LogP contribution in [0.15, 0.2) is 18.5 Å². The number of nitrogens with two attached hydrogens (primary N) is 1. The largest absolute Gasteiger partial charge is 0.472 e. The molecule has 45 heavy (non-hydrogen) atoms. The molecule has 12 heteroatoms. The highest BCUT2D eigenvalue weighted by molar-refractivity contribution is 7.47. The zero-order valence-corrected chi connectivity index (χ0v) is 28.7. The van der Waals surface area contributed by atoms with Crippen molar-refractivity contribution in [3.8, 4) is 6.07 Å². The molecule has 0 aliphatic heterocycles. The Morgan fingerprint density at radius 3 is 2.04 bits per heavy atom. The number of methoxy groups -OCH3 is 1. The minimum atomic E-state index is -4.37. The van der Waals surface area contributed by atoms with Gasteiger partial charge in [0.05, 0.1) is 6.61 Å². The van der Waals surface area contributed by atoms with Gasteiger partial charge in [-0.1, -0.05) is 103 Å². The van der Waals surface area contributed by atoms with Crippen molar-refractivity contribution in [2.24, 2.45) is 0 Å². The highest BCUT2D eigenvalue weighted by Gasteiger charge is 2.35. The molecule has 0 saturated carbocycles. The molecule has 0 aliphatic carbocycles. The number of fused-ring (bicyclic) bond motifs is 1. The number of hydrogen-bond acceptors (Lipinski definition) is 9. The predicted molar refractivity (Wildman–Crippen MR) is 178 cm³/mol. The van der Waals surface area contributed by atoms with E-state index in [9.17, 15) is 14.7 Å². The van der Waals surface area contributed by atoms with Crippen molar-refractivity contribution >= 4 is 19.2 Å². The molecule has 2 aromatic heterocycles. The zero-order chi connectivity index (χ0) is 32.6. The third-order valence-corrected chi connectivity index (χ3v) is 9.19. The van der Waals surface area contributed by atoms with Crippen molar-refractivity contribution in [1.82, 2.24) is 14.6 Å². The van der Waals surface area contributed by atoms with Crippen molar-refractivity contribution < 1.29 is 28.0 Å². The van der Waals surface area contributed by atoms with E-state index in [4.69, 9.17) is 24.3 Å². The van der Waals surface area contributed by atoms with Gasteiger partial charge in [-0.15, -0.1) is 0 Å². The minimum absolute atomic E-state index is 0.0105. The second kappa shape index (κ2) is 23.3. The van der Waals surface area contributed by atoms with Gasteiger partial charge in [0.1, 0.15) is 24.5 Å². The van der Waals surface area contributed by atoms with Gasteiger partial charge < -0.3 is 20.1 Å². The number of nitriles is 1. The summed E-state index contributed by atoms with van der Waals surface area (Å²) in [7, 11) is -3.00. The maximum atomic E-state index is 12.4. The van der Waals surface area contributed by atoms with Gasteiger partial charge in [0.15, 0.2) is 11.4 Å². The highest BCUT2D eigenvalue weighted by Crippen LogP contribution is 2.44. The first-order chi connectivity index (χ1) is 21.9. The number of ether oxygens (including phenoxy) is 2. The van der Waals surface area contributed by atoms with Crippen LogP contribution in [0, 0.1) is 11.3 Å². The van der Waals surface area contributed by atoms with Crippen LogP contribution in [0.3, 0.4) is 0 Å². The Bertz CT molecular complexity index is 1140. The molecule has 2 heterocycles. The molecule has 0 spiro atoms. The van der Waals surface area contributed by atoms with Gasteiger partial charge in [0.25, 0.3) is 0 Å². The number of aryl methyl sites for hydroxylation is 1. The van der Waals surface area contributed by atoms with Crippen LogP contribution >= 0.6 is 7.82 Å². The number of phosphoric ester groups is 1. The second-order valence-corrected chi connectivity index (χ2v) is 13.4. The fraction of sp³-hybridized carbons (Fsp3) is 0.788. The molecule has 0 saturated heterocycles. The number of hydrogen-bond donors (Lipinski definition) is 2. The van der Waals surface area contributed by atoms with E-state index in [1.165, 1.54) is 103 Å². The van der Waals surface area contributed by atoms with Gasteiger partial charge in [-0.3, -0.25) is 9.05 Å². The van der Waals surface area contributed by atoms with E-state index in [-0.39, 0.29) is 13.0 Å². The summed E-state index contributed by atoms with van der Waals surface area (Å²) in [6.45, 7) is 2.98. The first-order valence-electron chi connectivity index (χ1n) is 17.1. The van der Waals surface area contributed by atoms with Crippen molar-refractivity contribution in [3.63, 3.8) is 0 Å². The van der Waals surface area contributed by atoms with E-state index in [1.54, 1.807) is 10.6 Å². The average molecular weight is 652 g/mol. The van der Waals surface area contributed by atoms with Gasteiger partial charge in [0.2, 0.25) is 0 Å². The fourth-order valence-electron chi connectivity index (χ4n) is 5.31. The lowest BCUT2D eigenvalue weighted by Crippen LogP contribution is -2.35. The predicted octanol–water partition coefficient (Wildman–Crippen LogP) is 7.95. The number of rotatable bonds is 29. The first kappa shape index (κ1) is 39.1. The number of aromatic nitrogens is 3. The van der Waals surface area contributed by atoms with Crippen LogP contribution in [-0.4, -0.2) is 58.6 Å². The monoisotopic (exact) mass is 651 g/mol. The van der Waals surface area contributed by atoms with Gasteiger partial charge in [-0.2, -0.15) is 10.4 Å². The molecular weight excluding hydrogens is 593 g/mol. The molecule has 11 nitrogen and oxygen atoms in total. The smallest absolute Gasteiger partial charge is 0.382 e. The Morgan fingerprint density at radius 1 is 0.889 bits per heavy atom. The topological polar surface area (TPSA) is 154 Å². The highest BCUT2D eigenvalue weighted by atomic mass is 31.2. The summed E-state index contributed by atoms with van der Waals surface area (Å²) >= 11 is 0. The van der Waals surface area contributed by atoms with E-state index in [1.807, 2.05) is 6.07 Å². The molecule has 3 N–H and O–H groups in total. The van der Waals surface area contributed by atoms with Crippen molar-refractivity contribution in [2.45, 2.75) is 135 Å². The Kier molecular flexibility index (Phi) is 20.2. The molecule has 256 valence electrons. The second-order valence-electron chi connectivity index (χ2n) is 11.9. The number of nitrogens with zero attached hydrogens (tertiary/aromatic N) is 4. The summed E-state index contributed by atoms with van der Waals surface area (Å²) in [5.74, 6) is 0.349. The van der Waals surface area contributed by atoms with Crippen LogP contribution in [-0.2, 0) is 29.5 Å². The molecule has 0 bridgehead atoms. The number of unbranched alkanes of at least 4 members (excludes halogenated alkanes) is 15. The van der Waals surface area contributed by atoms with Crippen molar-refractivity contribution in [1.29, 1.82) is 5.26 Å².